The van der Waals surface area contributed by atoms with Crippen LogP contribution < -0.4 is 19.5 Å². The monoisotopic (exact) mass is 303 g/mol. The number of hydrogen-bond acceptors (Lipinski definition) is 5. The molecule has 0 aliphatic carbocycles. The SMILES string of the molecule is COc1cc(CNC(C)Cn2ccnc2)cc2c1OCCO2. The van der Waals surface area contributed by atoms with Gasteiger partial charge < -0.3 is 24.1 Å². The normalized spacial score (nSPS) is 14.6. The molecule has 0 saturated carbocycles. The molecule has 1 N–H and O–H groups in total. The molecule has 0 spiro atoms. The summed E-state index contributed by atoms with van der Waals surface area (Å²) in [5.74, 6) is 2.17. The Morgan fingerprint density at radius 3 is 3.00 bits per heavy atom. The lowest BCUT2D eigenvalue weighted by Crippen LogP contribution is -2.29. The summed E-state index contributed by atoms with van der Waals surface area (Å²) in [5, 5.41) is 3.49. The molecule has 0 radical (unpaired) electrons. The number of nitrogens with one attached hydrogen (secondary N) is 1. The van der Waals surface area contributed by atoms with Crippen molar-refractivity contribution in [1.82, 2.24) is 14.9 Å². The fourth-order valence-corrected chi connectivity index (χ4v) is 2.50. The Morgan fingerprint density at radius 2 is 2.23 bits per heavy atom. The van der Waals surface area contributed by atoms with Gasteiger partial charge in [-0.1, -0.05) is 0 Å². The minimum atomic E-state index is 0.327. The standard InChI is InChI=1S/C16H21N3O3/c1-12(10-19-4-3-17-11-19)18-9-13-7-14(20-2)16-15(8-13)21-5-6-22-16/h3-4,7-8,11-12,18H,5-6,9-10H2,1-2H3. The van der Waals surface area contributed by atoms with E-state index in [-0.39, 0.29) is 0 Å². The third-order valence-electron chi connectivity index (χ3n) is 3.59. The van der Waals surface area contributed by atoms with E-state index in [0.29, 0.717) is 25.0 Å². The van der Waals surface area contributed by atoms with Gasteiger partial charge in [-0.3, -0.25) is 0 Å². The van der Waals surface area contributed by atoms with E-state index in [9.17, 15) is 0 Å². The highest BCUT2D eigenvalue weighted by molar-refractivity contribution is 5.54. The van der Waals surface area contributed by atoms with Crippen molar-refractivity contribution in [2.24, 2.45) is 0 Å². The smallest absolute Gasteiger partial charge is 0.203 e. The highest BCUT2D eigenvalue weighted by atomic mass is 16.6. The minimum Gasteiger partial charge on any atom is -0.493 e. The zero-order chi connectivity index (χ0) is 15.4. The van der Waals surface area contributed by atoms with Gasteiger partial charge in [0, 0.05) is 31.5 Å². The number of aromatic nitrogens is 2. The average molecular weight is 303 g/mol. The number of ether oxygens (including phenoxy) is 3. The van der Waals surface area contributed by atoms with Crippen LogP contribution in [0.15, 0.2) is 30.9 Å². The molecule has 1 aliphatic heterocycles. The lowest BCUT2D eigenvalue weighted by molar-refractivity contribution is 0.165. The molecule has 6 heteroatoms. The van der Waals surface area contributed by atoms with Crippen LogP contribution >= 0.6 is 0 Å². The molecule has 1 atom stereocenters. The van der Waals surface area contributed by atoms with Gasteiger partial charge in [-0.25, -0.2) is 4.98 Å². The van der Waals surface area contributed by atoms with E-state index in [0.717, 1.165) is 30.2 Å². The number of benzene rings is 1. The predicted octanol–water partition coefficient (Wildman–Crippen LogP) is 1.84. The Kier molecular flexibility index (Phi) is 4.48. The number of nitrogens with zero attached hydrogens (tertiary/aromatic N) is 2. The molecule has 0 fully saturated rings. The van der Waals surface area contributed by atoms with Gasteiger partial charge >= 0.3 is 0 Å². The zero-order valence-electron chi connectivity index (χ0n) is 12.9. The highest BCUT2D eigenvalue weighted by Crippen LogP contribution is 2.40. The van der Waals surface area contributed by atoms with Crippen LogP contribution in [0.3, 0.4) is 0 Å². The summed E-state index contributed by atoms with van der Waals surface area (Å²) in [6.45, 7) is 4.90. The molecule has 0 saturated heterocycles. The molecule has 2 heterocycles. The molecule has 3 rings (SSSR count). The van der Waals surface area contributed by atoms with Crippen molar-refractivity contribution in [1.29, 1.82) is 0 Å². The maximum atomic E-state index is 5.65. The zero-order valence-corrected chi connectivity index (χ0v) is 12.9. The molecule has 0 bridgehead atoms. The molecule has 1 aromatic heterocycles. The summed E-state index contributed by atoms with van der Waals surface area (Å²) in [6.07, 6.45) is 5.58. The number of hydrogen-bond donors (Lipinski definition) is 1. The van der Waals surface area contributed by atoms with Crippen molar-refractivity contribution >= 4 is 0 Å². The van der Waals surface area contributed by atoms with Crippen LogP contribution in [0.1, 0.15) is 12.5 Å². The fourth-order valence-electron chi connectivity index (χ4n) is 2.50. The third-order valence-corrected chi connectivity index (χ3v) is 3.59. The van der Waals surface area contributed by atoms with Crippen LogP contribution in [0.25, 0.3) is 0 Å². The fraction of sp³-hybridized carbons (Fsp3) is 0.438. The number of methoxy groups -OCH3 is 1. The molecular weight excluding hydrogens is 282 g/mol. The molecular formula is C16H21N3O3. The lowest BCUT2D eigenvalue weighted by atomic mass is 10.1. The van der Waals surface area contributed by atoms with Gasteiger partial charge in [0.05, 0.1) is 13.4 Å². The van der Waals surface area contributed by atoms with E-state index in [1.807, 2.05) is 24.7 Å². The van der Waals surface area contributed by atoms with Gasteiger partial charge in [0.2, 0.25) is 5.75 Å². The van der Waals surface area contributed by atoms with Crippen molar-refractivity contribution in [3.05, 3.63) is 36.4 Å². The second kappa shape index (κ2) is 6.70. The van der Waals surface area contributed by atoms with Crippen LogP contribution in [-0.2, 0) is 13.1 Å². The second-order valence-electron chi connectivity index (χ2n) is 5.36. The summed E-state index contributed by atoms with van der Waals surface area (Å²) in [6, 6.07) is 4.33. The van der Waals surface area contributed by atoms with E-state index in [1.54, 1.807) is 13.3 Å². The summed E-state index contributed by atoms with van der Waals surface area (Å²) >= 11 is 0. The molecule has 118 valence electrons. The van der Waals surface area contributed by atoms with Crippen molar-refractivity contribution in [2.45, 2.75) is 26.1 Å². The molecule has 22 heavy (non-hydrogen) atoms. The number of fused-ring (bicyclic) bond motifs is 1. The third kappa shape index (κ3) is 3.33. The molecule has 0 amide bonds. The summed E-state index contributed by atoms with van der Waals surface area (Å²) in [7, 11) is 1.65. The molecule has 6 nitrogen and oxygen atoms in total. The first-order valence-corrected chi connectivity index (χ1v) is 7.42. The van der Waals surface area contributed by atoms with Gasteiger partial charge in [0.15, 0.2) is 11.5 Å². The summed E-state index contributed by atoms with van der Waals surface area (Å²) in [5.41, 5.74) is 1.11. The largest absolute Gasteiger partial charge is 0.493 e. The molecule has 2 aromatic rings. The lowest BCUT2D eigenvalue weighted by Gasteiger charge is -2.22. The van der Waals surface area contributed by atoms with Gasteiger partial charge in [-0.15, -0.1) is 0 Å². The first-order valence-electron chi connectivity index (χ1n) is 7.42. The first kappa shape index (κ1) is 14.7. The molecule has 1 aromatic carbocycles. The van der Waals surface area contributed by atoms with Gasteiger partial charge in [0.1, 0.15) is 13.2 Å². The number of rotatable bonds is 6. The first-order chi connectivity index (χ1) is 10.8. The van der Waals surface area contributed by atoms with E-state index >= 15 is 0 Å². The Morgan fingerprint density at radius 1 is 1.36 bits per heavy atom. The van der Waals surface area contributed by atoms with Crippen molar-refractivity contribution in [2.75, 3.05) is 20.3 Å². The van der Waals surface area contributed by atoms with Crippen molar-refractivity contribution in [3.8, 4) is 17.2 Å². The van der Waals surface area contributed by atoms with E-state index in [4.69, 9.17) is 14.2 Å². The Labute approximate surface area is 130 Å². The minimum absolute atomic E-state index is 0.327. The van der Waals surface area contributed by atoms with Crippen LogP contribution in [0.2, 0.25) is 0 Å². The van der Waals surface area contributed by atoms with Crippen LogP contribution in [0.5, 0.6) is 17.2 Å². The van der Waals surface area contributed by atoms with Crippen molar-refractivity contribution in [3.63, 3.8) is 0 Å². The van der Waals surface area contributed by atoms with E-state index in [1.165, 1.54) is 0 Å². The van der Waals surface area contributed by atoms with Crippen LogP contribution in [0.4, 0.5) is 0 Å². The quantitative estimate of drug-likeness (QED) is 0.882. The van der Waals surface area contributed by atoms with E-state index < -0.39 is 0 Å². The van der Waals surface area contributed by atoms with Crippen molar-refractivity contribution < 1.29 is 14.2 Å². The maximum Gasteiger partial charge on any atom is 0.203 e. The van der Waals surface area contributed by atoms with E-state index in [2.05, 4.69) is 21.8 Å². The highest BCUT2D eigenvalue weighted by Gasteiger charge is 2.18. The Balaban J connectivity index is 1.64. The topological polar surface area (TPSA) is 57.5 Å². The van der Waals surface area contributed by atoms with Gasteiger partial charge in [0.25, 0.3) is 0 Å². The summed E-state index contributed by atoms with van der Waals surface area (Å²) < 4.78 is 18.7. The Bertz CT molecular complexity index is 596. The Hall–Kier alpha value is -2.21. The summed E-state index contributed by atoms with van der Waals surface area (Å²) in [4.78, 5) is 4.05. The van der Waals surface area contributed by atoms with Crippen LogP contribution in [-0.4, -0.2) is 35.9 Å². The molecule has 1 unspecified atom stereocenters. The predicted molar refractivity (Wildman–Crippen MR) is 82.5 cm³/mol. The van der Waals surface area contributed by atoms with Gasteiger partial charge in [-0.2, -0.15) is 0 Å². The van der Waals surface area contributed by atoms with Gasteiger partial charge in [-0.05, 0) is 24.6 Å². The second-order valence-corrected chi connectivity index (χ2v) is 5.36. The maximum absolute atomic E-state index is 5.65. The molecule has 1 aliphatic rings. The average Bonchev–Trinajstić information content (AvgIpc) is 3.05. The number of imidazole rings is 1. The van der Waals surface area contributed by atoms with Crippen LogP contribution in [0, 0.1) is 0 Å².